The van der Waals surface area contributed by atoms with Crippen LogP contribution in [0.25, 0.3) is 64.6 Å². The van der Waals surface area contributed by atoms with E-state index in [0.717, 1.165) is 161 Å². The molecule has 3 aliphatic carbocycles. The van der Waals surface area contributed by atoms with Crippen LogP contribution in [0.15, 0.2) is 182 Å². The number of rotatable bonds is 6. The van der Waals surface area contributed by atoms with E-state index in [1.54, 1.807) is 0 Å². The molecule has 8 aliphatic heterocycles. The lowest BCUT2D eigenvalue weighted by Crippen LogP contribution is -2.63. The van der Waals surface area contributed by atoms with Crippen LogP contribution in [-0.2, 0) is 0 Å². The molecule has 3 saturated carbocycles. The van der Waals surface area contributed by atoms with Gasteiger partial charge >= 0.3 is 0 Å². The normalized spacial score (nSPS) is 28.2. The fourth-order valence-electron chi connectivity index (χ4n) is 22.8. The molecule has 2 unspecified atom stereocenters. The average Bonchev–Trinajstić information content (AvgIpc) is 1.60. The Morgan fingerprint density at radius 1 is 0.269 bits per heavy atom. The summed E-state index contributed by atoms with van der Waals surface area (Å²) in [5.41, 5.74) is 17.1. The van der Waals surface area contributed by atoms with Crippen molar-refractivity contribution >= 4 is 133 Å². The van der Waals surface area contributed by atoms with Crippen molar-refractivity contribution in [3.63, 3.8) is 0 Å². The van der Waals surface area contributed by atoms with E-state index in [2.05, 4.69) is 304 Å². The van der Waals surface area contributed by atoms with Gasteiger partial charge in [0.2, 0.25) is 0 Å². The predicted molar refractivity (Wildman–Crippen MR) is 485 cm³/mol. The molecule has 0 bridgehead atoms. The first-order valence-corrected chi connectivity index (χ1v) is 41.9. The van der Waals surface area contributed by atoms with E-state index < -0.39 is 72.1 Å². The molecule has 2 saturated heterocycles. The van der Waals surface area contributed by atoms with Gasteiger partial charge in [0, 0.05) is 142 Å². The van der Waals surface area contributed by atoms with Crippen LogP contribution in [0.5, 0.6) is 0 Å². The fourth-order valence-corrected chi connectivity index (χ4v) is 22.8. The third-order valence-corrected chi connectivity index (χ3v) is 29.6. The summed E-state index contributed by atoms with van der Waals surface area (Å²) in [7, 11) is 8.44. The van der Waals surface area contributed by atoms with Crippen molar-refractivity contribution in [3.05, 3.63) is 215 Å². The highest BCUT2D eigenvalue weighted by molar-refractivity contribution is 6.12. The van der Waals surface area contributed by atoms with Crippen molar-refractivity contribution < 1.29 is 30.6 Å². The van der Waals surface area contributed by atoms with Crippen LogP contribution in [0, 0.1) is 0 Å². The Labute approximate surface area is 700 Å². The minimum atomic E-state index is -0.989. The molecule has 119 heavy (non-hydrogen) atoms. The topological polar surface area (TPSA) is 230 Å². The zero-order valence-electron chi connectivity index (χ0n) is 68.6. The van der Waals surface area contributed by atoms with Gasteiger partial charge in [-0.05, 0) is 269 Å². The van der Waals surface area contributed by atoms with Crippen LogP contribution >= 0.6 is 0 Å². The van der Waals surface area contributed by atoms with Crippen LogP contribution in [0.1, 0.15) is 186 Å². The van der Waals surface area contributed by atoms with Crippen molar-refractivity contribution in [2.45, 2.75) is 223 Å². The van der Waals surface area contributed by atoms with E-state index in [4.69, 9.17) is 0 Å². The maximum atomic E-state index is 14.0. The van der Waals surface area contributed by atoms with Crippen molar-refractivity contribution in [3.8, 4) is 0 Å². The molecular formula is C101H114N12O6-6. The number of fused-ring (bicyclic) bond motifs is 4. The minimum absolute atomic E-state index is 0. The number of anilines is 12. The van der Waals surface area contributed by atoms with Gasteiger partial charge in [0.1, 0.15) is 34.0 Å². The lowest BCUT2D eigenvalue weighted by Gasteiger charge is -2.62. The van der Waals surface area contributed by atoms with E-state index in [1.807, 2.05) is 36.4 Å². The molecule has 12 aromatic carbocycles. The van der Waals surface area contributed by atoms with Crippen molar-refractivity contribution in [1.82, 2.24) is 0 Å². The number of nitrogens with zero attached hydrogens (tertiary/aromatic N) is 6. The van der Waals surface area contributed by atoms with Crippen LogP contribution in [-0.4, -0.2) is 112 Å². The van der Waals surface area contributed by atoms with Crippen molar-refractivity contribution in [1.29, 1.82) is 0 Å². The summed E-state index contributed by atoms with van der Waals surface area (Å²) in [6.45, 7) is 23.7. The van der Waals surface area contributed by atoms with E-state index >= 15 is 0 Å². The van der Waals surface area contributed by atoms with Gasteiger partial charge in [0.25, 0.3) is 0 Å². The zero-order valence-corrected chi connectivity index (χ0v) is 68.6. The lowest BCUT2D eigenvalue weighted by atomic mass is 9.63. The summed E-state index contributed by atoms with van der Waals surface area (Å²) in [4.78, 5) is 14.1. The molecular weight excluding hydrogens is 1480 g/mol. The summed E-state index contributed by atoms with van der Waals surface area (Å²) >= 11 is 0. The summed E-state index contributed by atoms with van der Waals surface area (Å²) in [6, 6.07) is 62.7. The molecule has 18 nitrogen and oxygen atoms in total. The Morgan fingerprint density at radius 2 is 0.513 bits per heavy atom. The zero-order chi connectivity index (χ0) is 80.4. The Kier molecular flexibility index (Phi) is 18.3. The molecule has 620 valence electrons. The highest BCUT2D eigenvalue weighted by Gasteiger charge is 2.48. The minimum Gasteiger partial charge on any atom is -0.851 e. The molecule has 5 fully saturated rings. The van der Waals surface area contributed by atoms with E-state index in [-0.39, 0.29) is 56.3 Å². The fraction of sp³-hybridized carbons (Fsp3) is 0.406. The second-order valence-corrected chi connectivity index (χ2v) is 37.9. The summed E-state index contributed by atoms with van der Waals surface area (Å²) in [6.07, 6.45) is -1.44. The summed E-state index contributed by atoms with van der Waals surface area (Å²) in [5.74, 6) is -3.35. The number of benzene rings is 12. The Morgan fingerprint density at radius 3 is 0.824 bits per heavy atom. The van der Waals surface area contributed by atoms with Gasteiger partial charge in [-0.25, -0.2) is 0 Å². The molecule has 0 spiro atoms. The standard InChI is InChI=1S/C34H34N4O2.C34H38N4O2.C30H30N4O2.3CH4/c1-33-11-5-13-37(33)25-9-3-7-19-15-21(17-23(35-33)27(19)25)29-31(39)30(32(29)40)22-16-20-8-4-10-26-28(20)24(18-22)36-34(2)12-6-14-38(26)34;1-33(2)35(5)23-13-9-11-19-15-21(17-25(27(19)23)37(33)7)29-31(39)30(32(29)40)22-16-20-12-10-14-24-28(20)26(18-22)38(8)34(3,4)36(24)6;1-29(2)31-19-9-5-7-15-11-17(13-21(33-29)23(15)19)25-27(35)26(28(25)36)18-12-16-8-6-10-20-24(16)22(14-18)34-30(3,4)32-20;;;/h3-4,7-10,15-18,29-32,35-36H,5-6,11-14H2,1-2H3;9-18,29-32H,1-8H3;5-14,25-28,31-34H,1-4H3;3*1H4/q3*-2;;;. The summed E-state index contributed by atoms with van der Waals surface area (Å²) in [5, 5.41) is 118. The largest absolute Gasteiger partial charge is 0.851 e. The molecule has 6 N–H and O–H groups in total. The van der Waals surface area contributed by atoms with E-state index in [0.29, 0.717) is 0 Å². The number of hydrogen-bond donors (Lipinski definition) is 6. The second-order valence-electron chi connectivity index (χ2n) is 37.9. The maximum Gasteiger partial charge on any atom is 0.107 e. The molecule has 18 heteroatoms. The van der Waals surface area contributed by atoms with Gasteiger partial charge in [-0.1, -0.05) is 131 Å². The Balaban J connectivity index is 0.000000121. The van der Waals surface area contributed by atoms with Crippen LogP contribution in [0.3, 0.4) is 0 Å². The molecule has 0 radical (unpaired) electrons. The Hall–Kier alpha value is -10.4. The first kappa shape index (κ1) is 79.7. The molecule has 12 aromatic rings. The van der Waals surface area contributed by atoms with E-state index in [9.17, 15) is 30.6 Å². The first-order chi connectivity index (χ1) is 55.3. The van der Waals surface area contributed by atoms with Gasteiger partial charge in [0.05, 0.1) is 0 Å². The third kappa shape index (κ3) is 11.6. The van der Waals surface area contributed by atoms with Gasteiger partial charge in [-0.2, -0.15) is 0 Å². The highest BCUT2D eigenvalue weighted by Crippen LogP contribution is 2.58. The Bertz CT molecular complexity index is 5770. The van der Waals surface area contributed by atoms with Crippen molar-refractivity contribution in [2.24, 2.45) is 0 Å². The SMILES string of the molecule is C.C.C.CC1(C)Nc2cccc3cc(C4C([O-])C(c5cc6c7c(cccc7c5)NC(C)(C)N6)C4[O-])cc(c23)N1.CC12CCCN1c1cccc3cc(C4C([O-])C(c5cc6c7c(cccc7c5)N5CCCC5(C)N6)C4[O-])cc(c13)N2.CN1c2cccc3cc(C4C([O-])C(c5cc6c7c(cccc7c5)N(C)C(C)(C)N6C)C4[O-])cc(c23)N(C)C1(C)C. The average molecular weight is 1590 g/mol. The number of hydrogen-bond acceptors (Lipinski definition) is 18. The second kappa shape index (κ2) is 27.3. The smallest absolute Gasteiger partial charge is 0.107 e. The van der Waals surface area contributed by atoms with Crippen LogP contribution in [0.2, 0.25) is 0 Å². The van der Waals surface area contributed by atoms with Gasteiger partial charge in [-0.3, -0.25) is 0 Å². The molecule has 11 aliphatic rings. The van der Waals surface area contributed by atoms with Gasteiger partial charge in [0.15, 0.2) is 0 Å². The molecule has 0 aromatic heterocycles. The van der Waals surface area contributed by atoms with Crippen LogP contribution < -0.4 is 91.9 Å². The van der Waals surface area contributed by atoms with Gasteiger partial charge in [-0.15, -0.1) is 36.6 Å². The maximum absolute atomic E-state index is 14.0. The molecule has 2 atom stereocenters. The molecule has 23 rings (SSSR count). The monoisotopic (exact) mass is 1590 g/mol. The molecule has 8 heterocycles. The quantitative estimate of drug-likeness (QED) is 0.0909. The van der Waals surface area contributed by atoms with Gasteiger partial charge < -0.3 is 91.9 Å². The third-order valence-electron chi connectivity index (χ3n) is 29.6. The predicted octanol–water partition coefficient (Wildman–Crippen LogP) is 15.8. The van der Waals surface area contributed by atoms with E-state index in [1.165, 1.54) is 44.3 Å². The van der Waals surface area contributed by atoms with Crippen molar-refractivity contribution in [2.75, 3.05) is 103 Å². The summed E-state index contributed by atoms with van der Waals surface area (Å²) < 4.78 is 0. The lowest BCUT2D eigenvalue weighted by molar-refractivity contribution is -0.536. The first-order valence-electron chi connectivity index (χ1n) is 41.9. The molecule has 0 amide bonds. The van der Waals surface area contributed by atoms with Crippen LogP contribution in [0.4, 0.5) is 68.2 Å². The number of nitrogens with one attached hydrogen (secondary N) is 6. The highest BCUT2D eigenvalue weighted by atomic mass is 16.3.